The van der Waals surface area contributed by atoms with Crippen molar-refractivity contribution in [3.63, 3.8) is 0 Å². The summed E-state index contributed by atoms with van der Waals surface area (Å²) in [4.78, 5) is 2.55. The smallest absolute Gasteiger partial charge is 0.119 e. The van der Waals surface area contributed by atoms with E-state index in [-0.39, 0.29) is 0 Å². The molecule has 26 heavy (non-hydrogen) atoms. The fourth-order valence-corrected chi connectivity index (χ4v) is 3.48. The average molecular weight is 348 g/mol. The first kappa shape index (κ1) is 18.5. The van der Waals surface area contributed by atoms with Crippen molar-refractivity contribution in [3.8, 4) is 5.75 Å². The molecule has 0 spiro atoms. The van der Waals surface area contributed by atoms with Gasteiger partial charge < -0.3 is 9.64 Å². The van der Waals surface area contributed by atoms with Gasteiger partial charge in [0.15, 0.2) is 0 Å². The van der Waals surface area contributed by atoms with Crippen LogP contribution in [-0.2, 0) is 6.42 Å². The molecule has 3 aromatic carbocycles. The van der Waals surface area contributed by atoms with Crippen molar-refractivity contribution in [1.29, 1.82) is 0 Å². The molecular formula is C24H29NO. The van der Waals surface area contributed by atoms with Gasteiger partial charge in [-0.15, -0.1) is 0 Å². The van der Waals surface area contributed by atoms with Crippen molar-refractivity contribution in [2.45, 2.75) is 26.2 Å². The third kappa shape index (κ3) is 4.64. The van der Waals surface area contributed by atoms with E-state index in [4.69, 9.17) is 4.74 Å². The van der Waals surface area contributed by atoms with E-state index >= 15 is 0 Å². The molecule has 0 aliphatic carbocycles. The summed E-state index contributed by atoms with van der Waals surface area (Å²) in [6.45, 7) is 7.86. The number of likely N-dealkylation sites (N-methyl/N-ethyl adjacent to an activating group) is 1. The van der Waals surface area contributed by atoms with Crippen LogP contribution in [0, 0.1) is 0 Å². The molecule has 1 unspecified atom stereocenters. The van der Waals surface area contributed by atoms with E-state index in [1.165, 1.54) is 21.9 Å². The molecule has 0 fully saturated rings. The molecule has 0 saturated carbocycles. The standard InChI is InChI=1S/C24H29NO/c1-4-25(15-14-20-8-6-5-7-9-20)18-19(2)21-10-11-23-17-24(26-3)13-12-22(23)16-21/h5-13,16-17,19H,4,14-15,18H2,1-3H3. The quantitative estimate of drug-likeness (QED) is 0.532. The Hall–Kier alpha value is -2.32. The summed E-state index contributed by atoms with van der Waals surface area (Å²) in [5, 5.41) is 2.51. The number of hydrogen-bond acceptors (Lipinski definition) is 2. The van der Waals surface area contributed by atoms with Gasteiger partial charge >= 0.3 is 0 Å². The minimum atomic E-state index is 0.511. The second kappa shape index (κ2) is 8.86. The van der Waals surface area contributed by atoms with E-state index in [0.717, 1.165) is 31.8 Å². The minimum Gasteiger partial charge on any atom is -0.497 e. The Morgan fingerprint density at radius 3 is 2.38 bits per heavy atom. The lowest BCUT2D eigenvalue weighted by Crippen LogP contribution is -2.29. The van der Waals surface area contributed by atoms with Gasteiger partial charge in [0, 0.05) is 13.1 Å². The molecule has 0 aromatic heterocycles. The molecule has 0 amide bonds. The first-order chi connectivity index (χ1) is 12.7. The first-order valence-electron chi connectivity index (χ1n) is 9.53. The highest BCUT2D eigenvalue weighted by Gasteiger charge is 2.12. The van der Waals surface area contributed by atoms with E-state index in [1.807, 2.05) is 6.07 Å². The predicted molar refractivity (Wildman–Crippen MR) is 111 cm³/mol. The normalized spacial score (nSPS) is 12.5. The maximum Gasteiger partial charge on any atom is 0.119 e. The Morgan fingerprint density at radius 2 is 1.65 bits per heavy atom. The summed E-state index contributed by atoms with van der Waals surface area (Å²) >= 11 is 0. The van der Waals surface area contributed by atoms with E-state index in [1.54, 1.807) is 7.11 Å². The first-order valence-corrected chi connectivity index (χ1v) is 9.53. The molecule has 0 saturated heterocycles. The monoisotopic (exact) mass is 347 g/mol. The Bertz CT molecular complexity index is 828. The zero-order chi connectivity index (χ0) is 18.4. The van der Waals surface area contributed by atoms with Gasteiger partial charge in [-0.3, -0.25) is 0 Å². The lowest BCUT2D eigenvalue weighted by molar-refractivity contribution is 0.277. The van der Waals surface area contributed by atoms with Crippen LogP contribution in [0.2, 0.25) is 0 Å². The maximum absolute atomic E-state index is 5.32. The third-order valence-corrected chi connectivity index (χ3v) is 5.18. The summed E-state index contributed by atoms with van der Waals surface area (Å²) < 4.78 is 5.32. The van der Waals surface area contributed by atoms with Crippen LogP contribution in [0.25, 0.3) is 10.8 Å². The molecule has 2 nitrogen and oxygen atoms in total. The zero-order valence-electron chi connectivity index (χ0n) is 16.1. The molecular weight excluding hydrogens is 318 g/mol. The molecule has 0 N–H and O–H groups in total. The Labute approximate surface area is 157 Å². The number of nitrogens with zero attached hydrogens (tertiary/aromatic N) is 1. The van der Waals surface area contributed by atoms with Crippen LogP contribution in [0.4, 0.5) is 0 Å². The Kier molecular flexibility index (Phi) is 6.30. The van der Waals surface area contributed by atoms with Crippen LogP contribution in [0.5, 0.6) is 5.75 Å². The van der Waals surface area contributed by atoms with Gasteiger partial charge in [0.05, 0.1) is 7.11 Å². The van der Waals surface area contributed by atoms with Crippen LogP contribution < -0.4 is 4.74 Å². The number of rotatable bonds is 8. The summed E-state index contributed by atoms with van der Waals surface area (Å²) in [6, 6.07) is 23.8. The molecule has 3 aromatic rings. The van der Waals surface area contributed by atoms with Crippen LogP contribution in [0.1, 0.15) is 30.9 Å². The number of hydrogen-bond donors (Lipinski definition) is 0. The number of fused-ring (bicyclic) bond motifs is 1. The molecule has 0 bridgehead atoms. The molecule has 136 valence electrons. The molecule has 0 heterocycles. The Balaban J connectivity index is 1.65. The average Bonchev–Trinajstić information content (AvgIpc) is 2.70. The van der Waals surface area contributed by atoms with Crippen LogP contribution >= 0.6 is 0 Å². The molecule has 0 radical (unpaired) electrons. The summed E-state index contributed by atoms with van der Waals surface area (Å²) in [5.74, 6) is 1.42. The lowest BCUT2D eigenvalue weighted by atomic mass is 9.97. The van der Waals surface area contributed by atoms with E-state index < -0.39 is 0 Å². The van der Waals surface area contributed by atoms with Gasteiger partial charge in [-0.05, 0) is 52.9 Å². The largest absolute Gasteiger partial charge is 0.497 e. The molecule has 0 aliphatic rings. The lowest BCUT2D eigenvalue weighted by Gasteiger charge is -2.25. The van der Waals surface area contributed by atoms with Gasteiger partial charge in [0.1, 0.15) is 5.75 Å². The van der Waals surface area contributed by atoms with E-state index in [9.17, 15) is 0 Å². The summed E-state index contributed by atoms with van der Waals surface area (Å²) in [7, 11) is 1.71. The minimum absolute atomic E-state index is 0.511. The van der Waals surface area contributed by atoms with Crippen molar-refractivity contribution in [3.05, 3.63) is 77.9 Å². The van der Waals surface area contributed by atoms with E-state index in [2.05, 4.69) is 79.4 Å². The van der Waals surface area contributed by atoms with Gasteiger partial charge in [-0.25, -0.2) is 0 Å². The van der Waals surface area contributed by atoms with Gasteiger partial charge in [0.25, 0.3) is 0 Å². The van der Waals surface area contributed by atoms with Crippen LogP contribution in [0.15, 0.2) is 66.7 Å². The molecule has 3 rings (SSSR count). The van der Waals surface area contributed by atoms with Gasteiger partial charge in [-0.1, -0.05) is 68.4 Å². The van der Waals surface area contributed by atoms with Crippen molar-refractivity contribution in [2.24, 2.45) is 0 Å². The van der Waals surface area contributed by atoms with Crippen molar-refractivity contribution in [1.82, 2.24) is 4.90 Å². The fraction of sp³-hybridized carbons (Fsp3) is 0.333. The van der Waals surface area contributed by atoms with Crippen LogP contribution in [-0.4, -0.2) is 31.6 Å². The number of ether oxygens (including phenoxy) is 1. The Morgan fingerprint density at radius 1 is 0.923 bits per heavy atom. The fourth-order valence-electron chi connectivity index (χ4n) is 3.48. The van der Waals surface area contributed by atoms with Crippen molar-refractivity contribution in [2.75, 3.05) is 26.7 Å². The SMILES string of the molecule is CCN(CCc1ccccc1)CC(C)c1ccc2cc(OC)ccc2c1. The second-order valence-corrected chi connectivity index (χ2v) is 7.00. The summed E-state index contributed by atoms with van der Waals surface area (Å²) in [5.41, 5.74) is 2.82. The highest BCUT2D eigenvalue weighted by atomic mass is 16.5. The van der Waals surface area contributed by atoms with Crippen LogP contribution in [0.3, 0.4) is 0 Å². The molecule has 0 aliphatic heterocycles. The third-order valence-electron chi connectivity index (χ3n) is 5.18. The molecule has 1 atom stereocenters. The second-order valence-electron chi connectivity index (χ2n) is 7.00. The maximum atomic E-state index is 5.32. The highest BCUT2D eigenvalue weighted by Crippen LogP contribution is 2.25. The number of methoxy groups -OCH3 is 1. The van der Waals surface area contributed by atoms with Crippen molar-refractivity contribution >= 4 is 10.8 Å². The number of benzene rings is 3. The van der Waals surface area contributed by atoms with Crippen molar-refractivity contribution < 1.29 is 4.74 Å². The topological polar surface area (TPSA) is 12.5 Å². The highest BCUT2D eigenvalue weighted by molar-refractivity contribution is 5.84. The van der Waals surface area contributed by atoms with Gasteiger partial charge in [-0.2, -0.15) is 0 Å². The predicted octanol–water partition coefficient (Wildman–Crippen LogP) is 5.52. The van der Waals surface area contributed by atoms with Gasteiger partial charge in [0.2, 0.25) is 0 Å². The summed E-state index contributed by atoms with van der Waals surface area (Å²) in [6.07, 6.45) is 1.11. The van der Waals surface area contributed by atoms with E-state index in [0.29, 0.717) is 5.92 Å². The molecule has 2 heteroatoms. The zero-order valence-corrected chi connectivity index (χ0v) is 16.1.